The van der Waals surface area contributed by atoms with E-state index < -0.39 is 29.5 Å². The molecule has 0 aliphatic carbocycles. The molecular weight excluding hydrogens is 407 g/mol. The first-order chi connectivity index (χ1) is 14.5. The minimum absolute atomic E-state index is 0.0343. The topological polar surface area (TPSA) is 117 Å². The van der Waals surface area contributed by atoms with E-state index in [1.165, 1.54) is 13.2 Å². The van der Waals surface area contributed by atoms with E-state index in [1.54, 1.807) is 32.9 Å². The second kappa shape index (κ2) is 12.8. The normalized spacial score (nSPS) is 12.0. The molecule has 0 radical (unpaired) electrons. The zero-order valence-corrected chi connectivity index (χ0v) is 18.7. The fourth-order valence-corrected chi connectivity index (χ4v) is 2.73. The number of esters is 1. The maximum atomic E-state index is 14.8. The van der Waals surface area contributed by atoms with Crippen LogP contribution in [0.2, 0.25) is 0 Å². The number of methoxy groups -OCH3 is 1. The van der Waals surface area contributed by atoms with E-state index in [-0.39, 0.29) is 37.6 Å². The van der Waals surface area contributed by atoms with E-state index in [0.717, 1.165) is 0 Å². The molecule has 3 N–H and O–H groups in total. The summed E-state index contributed by atoms with van der Waals surface area (Å²) >= 11 is 0. The van der Waals surface area contributed by atoms with Crippen molar-refractivity contribution in [2.45, 2.75) is 70.9 Å². The van der Waals surface area contributed by atoms with Crippen LogP contribution in [0.25, 0.3) is 0 Å². The molecule has 0 aliphatic rings. The Labute approximate surface area is 182 Å². The number of nitrogens with two attached hydrogens (primary N) is 1. The first-order valence-electron chi connectivity index (χ1n) is 10.3. The Morgan fingerprint density at radius 1 is 1.16 bits per heavy atom. The van der Waals surface area contributed by atoms with Crippen LogP contribution in [0.3, 0.4) is 0 Å². The molecule has 31 heavy (non-hydrogen) atoms. The molecule has 0 fully saturated rings. The van der Waals surface area contributed by atoms with Gasteiger partial charge in [-0.3, -0.25) is 9.59 Å². The minimum atomic E-state index is -0.687. The predicted octanol–water partition coefficient (Wildman–Crippen LogP) is 3.25. The maximum Gasteiger partial charge on any atom is 0.407 e. The molecule has 1 aromatic rings. The number of rotatable bonds is 12. The van der Waals surface area contributed by atoms with Crippen LogP contribution in [0.4, 0.5) is 9.18 Å². The highest BCUT2D eigenvalue weighted by Crippen LogP contribution is 2.22. The maximum absolute atomic E-state index is 14.8. The average molecular weight is 441 g/mol. The molecule has 0 saturated carbocycles. The second-order valence-corrected chi connectivity index (χ2v) is 8.17. The van der Waals surface area contributed by atoms with E-state index in [4.69, 9.17) is 15.2 Å². The van der Waals surface area contributed by atoms with Crippen molar-refractivity contribution in [3.8, 4) is 5.75 Å². The number of nitrogens with one attached hydrogen (secondary N) is 1. The lowest BCUT2D eigenvalue weighted by atomic mass is 10.1. The van der Waals surface area contributed by atoms with Crippen molar-refractivity contribution in [1.82, 2.24) is 5.32 Å². The minimum Gasteiger partial charge on any atom is -0.488 e. The summed E-state index contributed by atoms with van der Waals surface area (Å²) in [6.45, 7) is 5.13. The van der Waals surface area contributed by atoms with Gasteiger partial charge in [-0.05, 0) is 58.1 Å². The van der Waals surface area contributed by atoms with Gasteiger partial charge in [-0.1, -0.05) is 12.1 Å². The summed E-state index contributed by atoms with van der Waals surface area (Å²) in [4.78, 5) is 34.3. The third-order valence-electron chi connectivity index (χ3n) is 4.25. The summed E-state index contributed by atoms with van der Waals surface area (Å²) in [6, 6.07) is 4.23. The Morgan fingerprint density at radius 3 is 2.48 bits per heavy atom. The number of carbonyl (C=O) groups excluding carboxylic acids is 3. The smallest absolute Gasteiger partial charge is 0.407 e. The van der Waals surface area contributed by atoms with Crippen LogP contribution < -0.4 is 15.8 Å². The lowest BCUT2D eigenvalue weighted by molar-refractivity contribution is -0.140. The van der Waals surface area contributed by atoms with Crippen LogP contribution in [0.5, 0.6) is 5.75 Å². The van der Waals surface area contributed by atoms with E-state index in [1.807, 2.05) is 0 Å². The van der Waals surface area contributed by atoms with Gasteiger partial charge < -0.3 is 25.3 Å². The van der Waals surface area contributed by atoms with Gasteiger partial charge in [0.25, 0.3) is 0 Å². The van der Waals surface area contributed by atoms with E-state index in [2.05, 4.69) is 10.1 Å². The van der Waals surface area contributed by atoms with Gasteiger partial charge in [-0.15, -0.1) is 0 Å². The SMILES string of the molecule is COC(=O)CCCCc1cccc(OC[C@H](CCC(N)=O)NC(=O)OC(C)(C)C)c1F. The molecule has 9 heteroatoms. The van der Waals surface area contributed by atoms with Crippen molar-refractivity contribution in [3.05, 3.63) is 29.6 Å². The quantitative estimate of drug-likeness (QED) is 0.381. The highest BCUT2D eigenvalue weighted by Gasteiger charge is 2.21. The lowest BCUT2D eigenvalue weighted by Crippen LogP contribution is -2.42. The predicted molar refractivity (Wildman–Crippen MR) is 113 cm³/mol. The highest BCUT2D eigenvalue weighted by atomic mass is 19.1. The molecule has 8 nitrogen and oxygen atoms in total. The van der Waals surface area contributed by atoms with E-state index in [0.29, 0.717) is 24.8 Å². The Kier molecular flexibility index (Phi) is 10.8. The summed E-state index contributed by atoms with van der Waals surface area (Å²) in [5.41, 5.74) is 4.98. The molecule has 0 bridgehead atoms. The molecule has 0 aromatic heterocycles. The average Bonchev–Trinajstić information content (AvgIpc) is 2.67. The molecule has 0 saturated heterocycles. The fraction of sp³-hybridized carbons (Fsp3) is 0.591. The summed E-state index contributed by atoms with van der Waals surface area (Å²) in [6.07, 6.45) is 1.54. The van der Waals surface area contributed by atoms with Crippen molar-refractivity contribution in [1.29, 1.82) is 0 Å². The monoisotopic (exact) mass is 440 g/mol. The van der Waals surface area contributed by atoms with Gasteiger partial charge in [-0.2, -0.15) is 0 Å². The van der Waals surface area contributed by atoms with Gasteiger partial charge in [0, 0.05) is 12.8 Å². The molecule has 0 unspecified atom stereocenters. The molecule has 0 spiro atoms. The van der Waals surface area contributed by atoms with Gasteiger partial charge in [0.1, 0.15) is 12.2 Å². The molecule has 1 rings (SSSR count). The first kappa shape index (κ1) is 26.2. The first-order valence-corrected chi connectivity index (χ1v) is 10.3. The molecule has 1 aromatic carbocycles. The number of benzene rings is 1. The zero-order chi connectivity index (χ0) is 23.4. The molecule has 174 valence electrons. The molecule has 0 aliphatic heterocycles. The molecule has 0 heterocycles. The largest absolute Gasteiger partial charge is 0.488 e. The molecule has 1 atom stereocenters. The summed E-state index contributed by atoms with van der Waals surface area (Å²) in [5, 5.41) is 2.63. The van der Waals surface area contributed by atoms with Crippen LogP contribution in [0, 0.1) is 5.82 Å². The fourth-order valence-electron chi connectivity index (χ4n) is 2.73. The molecular formula is C22H33FN2O6. The summed E-state index contributed by atoms with van der Waals surface area (Å²) in [7, 11) is 1.33. The number of hydrogen-bond acceptors (Lipinski definition) is 6. The standard InChI is InChI=1S/C22H33FN2O6/c1-22(2,3)31-21(28)25-16(12-13-18(24)26)14-30-17-10-7-9-15(20(17)23)8-5-6-11-19(27)29-4/h7,9-10,16H,5-6,8,11-14H2,1-4H3,(H2,24,26)(H,25,28)/t16-/m0/s1. The number of carbonyl (C=O) groups is 3. The number of hydrogen-bond donors (Lipinski definition) is 2. The lowest BCUT2D eigenvalue weighted by Gasteiger charge is -2.24. The number of aryl methyl sites for hydroxylation is 1. The van der Waals surface area contributed by atoms with Gasteiger partial charge in [0.05, 0.1) is 13.2 Å². The third-order valence-corrected chi connectivity index (χ3v) is 4.25. The van der Waals surface area contributed by atoms with Crippen LogP contribution in [-0.4, -0.2) is 43.3 Å². The molecule has 2 amide bonds. The third kappa shape index (κ3) is 11.2. The van der Waals surface area contributed by atoms with Crippen molar-refractivity contribution >= 4 is 18.0 Å². The van der Waals surface area contributed by atoms with Crippen LogP contribution in [0.1, 0.15) is 58.4 Å². The van der Waals surface area contributed by atoms with Crippen molar-refractivity contribution in [2.75, 3.05) is 13.7 Å². The number of primary amides is 1. The Hall–Kier alpha value is -2.84. The van der Waals surface area contributed by atoms with Crippen molar-refractivity contribution in [2.24, 2.45) is 5.73 Å². The number of unbranched alkanes of at least 4 members (excludes halogenated alkanes) is 1. The number of amides is 2. The number of alkyl carbamates (subject to hydrolysis) is 1. The van der Waals surface area contributed by atoms with Gasteiger partial charge in [-0.25, -0.2) is 9.18 Å². The number of halogens is 1. The number of ether oxygens (including phenoxy) is 3. The van der Waals surface area contributed by atoms with Gasteiger partial charge >= 0.3 is 12.1 Å². The Balaban J connectivity index is 2.70. The van der Waals surface area contributed by atoms with Crippen molar-refractivity contribution in [3.63, 3.8) is 0 Å². The highest BCUT2D eigenvalue weighted by molar-refractivity contribution is 5.74. The second-order valence-electron chi connectivity index (χ2n) is 8.17. The van der Waals surface area contributed by atoms with E-state index in [9.17, 15) is 18.8 Å². The van der Waals surface area contributed by atoms with Crippen LogP contribution in [0.15, 0.2) is 18.2 Å². The Bertz CT molecular complexity index is 748. The van der Waals surface area contributed by atoms with E-state index >= 15 is 0 Å². The Morgan fingerprint density at radius 2 is 1.87 bits per heavy atom. The van der Waals surface area contributed by atoms with Crippen LogP contribution in [-0.2, 0) is 25.5 Å². The van der Waals surface area contributed by atoms with Crippen LogP contribution >= 0.6 is 0 Å². The van der Waals surface area contributed by atoms with Gasteiger partial charge in [0.2, 0.25) is 5.91 Å². The summed E-state index contributed by atoms with van der Waals surface area (Å²) < 4.78 is 30.2. The van der Waals surface area contributed by atoms with Gasteiger partial charge in [0.15, 0.2) is 11.6 Å². The zero-order valence-electron chi connectivity index (χ0n) is 18.7. The summed E-state index contributed by atoms with van der Waals surface area (Å²) in [5.74, 6) is -1.26. The van der Waals surface area contributed by atoms with Crippen molar-refractivity contribution < 1.29 is 33.0 Å².